The number of piperidine rings is 1. The van der Waals surface area contributed by atoms with Gasteiger partial charge in [-0.25, -0.2) is 4.39 Å². The maximum atomic E-state index is 13.5. The van der Waals surface area contributed by atoms with E-state index in [0.717, 1.165) is 6.20 Å². The van der Waals surface area contributed by atoms with Gasteiger partial charge in [0, 0.05) is 25.2 Å². The number of likely N-dealkylation sites (tertiary alicyclic amines) is 1. The minimum absolute atomic E-state index is 0.0252. The van der Waals surface area contributed by atoms with Crippen LogP contribution in [0.1, 0.15) is 23.2 Å². The van der Waals surface area contributed by atoms with Crippen molar-refractivity contribution in [3.8, 4) is 0 Å². The smallest absolute Gasteiger partial charge is 0.256 e. The number of amidine groups is 1. The van der Waals surface area contributed by atoms with Crippen LogP contribution in [0.5, 0.6) is 0 Å². The summed E-state index contributed by atoms with van der Waals surface area (Å²) in [6.45, 7) is 0.920. The summed E-state index contributed by atoms with van der Waals surface area (Å²) in [7, 11) is 0. The number of pyridine rings is 1. The maximum absolute atomic E-state index is 13.5. The molecule has 0 saturated carbocycles. The number of hydrogen-bond donors (Lipinski definition) is 2. The van der Waals surface area contributed by atoms with Gasteiger partial charge in [-0.2, -0.15) is 0 Å². The Kier molecular flexibility index (Phi) is 3.94. The van der Waals surface area contributed by atoms with Crippen molar-refractivity contribution in [2.24, 2.45) is 16.8 Å². The third kappa shape index (κ3) is 2.81. The average Bonchev–Trinajstić information content (AvgIpc) is 2.46. The molecule has 2 rings (SSSR count). The van der Waals surface area contributed by atoms with Crippen molar-refractivity contribution in [2.75, 3.05) is 13.1 Å². The zero-order valence-electron chi connectivity index (χ0n) is 10.3. The Bertz CT molecular complexity index is 498. The molecule has 1 amide bonds. The normalized spacial score (nSPS) is 17.5. The van der Waals surface area contributed by atoms with Gasteiger partial charge in [-0.15, -0.1) is 0 Å². The number of halogens is 1. The summed E-state index contributed by atoms with van der Waals surface area (Å²) in [5.74, 6) is -0.817. The van der Waals surface area contributed by atoms with E-state index < -0.39 is 5.82 Å². The van der Waals surface area contributed by atoms with Crippen molar-refractivity contribution in [1.29, 1.82) is 0 Å². The highest BCUT2D eigenvalue weighted by molar-refractivity contribution is 5.94. The van der Waals surface area contributed by atoms with Crippen LogP contribution in [0.15, 0.2) is 23.6 Å². The summed E-state index contributed by atoms with van der Waals surface area (Å²) >= 11 is 0. The molecule has 0 radical (unpaired) electrons. The highest BCUT2D eigenvalue weighted by Crippen LogP contribution is 2.19. The summed E-state index contributed by atoms with van der Waals surface area (Å²) in [5.41, 5.74) is 5.56. The Labute approximate surface area is 109 Å². The second kappa shape index (κ2) is 5.64. The standard InChI is InChI=1S/C12H15FN4O2/c13-10-7-15-4-1-9(10)12(18)17-5-2-8(3-6-17)11(14)16-19/h1,4,7-8,19H,2-3,5-6H2,(H2,14,16). The predicted octanol–water partition coefficient (Wildman–Crippen LogP) is 0.819. The number of nitrogens with two attached hydrogens (primary N) is 1. The molecule has 2 heterocycles. The lowest BCUT2D eigenvalue weighted by molar-refractivity contribution is 0.0704. The number of carbonyl (C=O) groups excluding carboxylic acids is 1. The topological polar surface area (TPSA) is 91.8 Å². The lowest BCUT2D eigenvalue weighted by atomic mass is 9.95. The Morgan fingerprint density at radius 2 is 2.21 bits per heavy atom. The molecule has 1 aromatic heterocycles. The molecule has 0 spiro atoms. The number of nitrogens with zero attached hydrogens (tertiary/aromatic N) is 3. The van der Waals surface area contributed by atoms with Crippen molar-refractivity contribution in [3.05, 3.63) is 29.8 Å². The van der Waals surface area contributed by atoms with Crippen LogP contribution in [0.4, 0.5) is 4.39 Å². The Balaban J connectivity index is 2.02. The zero-order chi connectivity index (χ0) is 13.8. The largest absolute Gasteiger partial charge is 0.409 e. The van der Waals surface area contributed by atoms with Gasteiger partial charge in [-0.05, 0) is 18.9 Å². The van der Waals surface area contributed by atoms with Gasteiger partial charge in [0.15, 0.2) is 5.82 Å². The van der Waals surface area contributed by atoms with E-state index in [2.05, 4.69) is 10.1 Å². The van der Waals surface area contributed by atoms with Gasteiger partial charge in [0.2, 0.25) is 0 Å². The van der Waals surface area contributed by atoms with Crippen LogP contribution in [0.3, 0.4) is 0 Å². The minimum atomic E-state index is -0.619. The monoisotopic (exact) mass is 266 g/mol. The molecular formula is C12H15FN4O2. The Morgan fingerprint density at radius 1 is 1.53 bits per heavy atom. The first-order valence-electron chi connectivity index (χ1n) is 5.99. The van der Waals surface area contributed by atoms with Gasteiger partial charge >= 0.3 is 0 Å². The molecule has 1 aromatic rings. The van der Waals surface area contributed by atoms with E-state index >= 15 is 0 Å². The third-order valence-electron chi connectivity index (χ3n) is 3.32. The van der Waals surface area contributed by atoms with Crippen LogP contribution in [-0.2, 0) is 0 Å². The number of carbonyl (C=O) groups is 1. The number of rotatable bonds is 2. The van der Waals surface area contributed by atoms with E-state index in [1.54, 1.807) is 4.90 Å². The van der Waals surface area contributed by atoms with Gasteiger partial charge in [-0.1, -0.05) is 5.16 Å². The molecule has 1 saturated heterocycles. The number of amides is 1. The molecule has 3 N–H and O–H groups in total. The molecule has 1 fully saturated rings. The molecule has 1 aliphatic rings. The molecule has 6 nitrogen and oxygen atoms in total. The molecular weight excluding hydrogens is 251 g/mol. The second-order valence-electron chi connectivity index (χ2n) is 4.45. The molecule has 0 atom stereocenters. The highest BCUT2D eigenvalue weighted by atomic mass is 19.1. The first-order chi connectivity index (χ1) is 9.13. The maximum Gasteiger partial charge on any atom is 0.256 e. The van der Waals surface area contributed by atoms with Crippen LogP contribution >= 0.6 is 0 Å². The van der Waals surface area contributed by atoms with E-state index in [1.807, 2.05) is 0 Å². The van der Waals surface area contributed by atoms with E-state index in [1.165, 1.54) is 12.3 Å². The molecule has 102 valence electrons. The van der Waals surface area contributed by atoms with E-state index in [0.29, 0.717) is 25.9 Å². The van der Waals surface area contributed by atoms with Crippen molar-refractivity contribution in [1.82, 2.24) is 9.88 Å². The van der Waals surface area contributed by atoms with Crippen LogP contribution in [-0.4, -0.2) is 39.9 Å². The second-order valence-corrected chi connectivity index (χ2v) is 4.45. The highest BCUT2D eigenvalue weighted by Gasteiger charge is 2.27. The number of hydrogen-bond acceptors (Lipinski definition) is 4. The van der Waals surface area contributed by atoms with Crippen molar-refractivity contribution in [2.45, 2.75) is 12.8 Å². The molecule has 1 aliphatic heterocycles. The van der Waals surface area contributed by atoms with Gasteiger partial charge < -0.3 is 15.8 Å². The molecule has 0 bridgehead atoms. The van der Waals surface area contributed by atoms with Crippen molar-refractivity contribution in [3.63, 3.8) is 0 Å². The summed E-state index contributed by atoms with van der Waals surface area (Å²) in [4.78, 5) is 17.3. The third-order valence-corrected chi connectivity index (χ3v) is 3.32. The zero-order valence-corrected chi connectivity index (χ0v) is 10.3. The quantitative estimate of drug-likeness (QED) is 0.359. The summed E-state index contributed by atoms with van der Waals surface area (Å²) in [6.07, 6.45) is 3.62. The van der Waals surface area contributed by atoms with Crippen molar-refractivity contribution >= 4 is 11.7 Å². The fraction of sp³-hybridized carbons (Fsp3) is 0.417. The van der Waals surface area contributed by atoms with Crippen LogP contribution < -0.4 is 5.73 Å². The average molecular weight is 266 g/mol. The number of oxime groups is 1. The summed E-state index contributed by atoms with van der Waals surface area (Å²) < 4.78 is 13.5. The summed E-state index contributed by atoms with van der Waals surface area (Å²) in [5, 5.41) is 11.6. The predicted molar refractivity (Wildman–Crippen MR) is 66.2 cm³/mol. The molecule has 0 unspecified atom stereocenters. The molecule has 0 aromatic carbocycles. The van der Waals surface area contributed by atoms with E-state index in [4.69, 9.17) is 10.9 Å². The fourth-order valence-corrected chi connectivity index (χ4v) is 2.18. The lowest BCUT2D eigenvalue weighted by Crippen LogP contribution is -2.42. The van der Waals surface area contributed by atoms with Gasteiger partial charge in [0.1, 0.15) is 5.84 Å². The van der Waals surface area contributed by atoms with Crippen molar-refractivity contribution < 1.29 is 14.4 Å². The summed E-state index contributed by atoms with van der Waals surface area (Å²) in [6, 6.07) is 1.37. The molecule has 7 heteroatoms. The Hall–Kier alpha value is -2.18. The van der Waals surface area contributed by atoms with Crippen LogP contribution in [0, 0.1) is 11.7 Å². The van der Waals surface area contributed by atoms with Crippen LogP contribution in [0.25, 0.3) is 0 Å². The first-order valence-corrected chi connectivity index (χ1v) is 5.99. The first kappa shape index (κ1) is 13.3. The van der Waals surface area contributed by atoms with Gasteiger partial charge in [-0.3, -0.25) is 9.78 Å². The van der Waals surface area contributed by atoms with E-state index in [9.17, 15) is 9.18 Å². The number of aromatic nitrogens is 1. The van der Waals surface area contributed by atoms with Gasteiger partial charge in [0.05, 0.1) is 11.8 Å². The van der Waals surface area contributed by atoms with Crippen LogP contribution in [0.2, 0.25) is 0 Å². The Morgan fingerprint density at radius 3 is 2.79 bits per heavy atom. The molecule has 0 aliphatic carbocycles. The van der Waals surface area contributed by atoms with Gasteiger partial charge in [0.25, 0.3) is 5.91 Å². The lowest BCUT2D eigenvalue weighted by Gasteiger charge is -2.31. The fourth-order valence-electron chi connectivity index (χ4n) is 2.18. The van der Waals surface area contributed by atoms with E-state index in [-0.39, 0.29) is 23.2 Å². The molecule has 19 heavy (non-hydrogen) atoms. The minimum Gasteiger partial charge on any atom is -0.409 e. The SMILES string of the molecule is NC(=NO)C1CCN(C(=O)c2ccncc2F)CC1.